The fourth-order valence-corrected chi connectivity index (χ4v) is 5.65. The third-order valence-electron chi connectivity index (χ3n) is 8.34. The molecule has 0 aliphatic heterocycles. The third kappa shape index (κ3) is 15.1. The summed E-state index contributed by atoms with van der Waals surface area (Å²) in [4.78, 5) is 39.5. The first-order valence-electron chi connectivity index (χ1n) is 15.8. The summed E-state index contributed by atoms with van der Waals surface area (Å²) in [6, 6.07) is 10.1. The summed E-state index contributed by atoms with van der Waals surface area (Å²) >= 11 is 0. The Labute approximate surface area is 246 Å². The average molecular weight is 573 g/mol. The molecule has 0 spiro atoms. The molecular formula is C33H52N2O6. The minimum Gasteiger partial charge on any atom is -0.464 e. The fourth-order valence-electron chi connectivity index (χ4n) is 5.65. The molecular weight excluding hydrogens is 520 g/mol. The fraction of sp³-hybridized carbons (Fsp3) is 0.697. The van der Waals surface area contributed by atoms with Crippen LogP contribution in [0.4, 0.5) is 0 Å². The lowest BCUT2D eigenvalue weighted by Crippen LogP contribution is -2.46. The largest absolute Gasteiger partial charge is 0.464 e. The van der Waals surface area contributed by atoms with Crippen LogP contribution < -0.4 is 5.32 Å². The number of aryl methyl sites for hydroxylation is 1. The van der Waals surface area contributed by atoms with Gasteiger partial charge in [0, 0.05) is 6.42 Å². The van der Waals surface area contributed by atoms with Gasteiger partial charge in [-0.25, -0.2) is 4.79 Å². The molecule has 230 valence electrons. The second kappa shape index (κ2) is 20.9. The van der Waals surface area contributed by atoms with E-state index in [0.29, 0.717) is 19.3 Å². The molecule has 1 aromatic rings. The first kappa shape index (κ1) is 34.3. The number of hydrogen-bond donors (Lipinski definition) is 1. The maximum absolute atomic E-state index is 12.6. The number of amides is 1. The van der Waals surface area contributed by atoms with Crippen LogP contribution in [-0.4, -0.2) is 36.2 Å². The molecule has 1 fully saturated rings. The molecule has 1 aliphatic carbocycles. The van der Waals surface area contributed by atoms with E-state index in [2.05, 4.69) is 52.6 Å². The van der Waals surface area contributed by atoms with Gasteiger partial charge in [-0.05, 0) is 74.7 Å². The molecule has 1 N–H and O–H groups in total. The maximum atomic E-state index is 12.6. The van der Waals surface area contributed by atoms with Crippen LogP contribution in [0.15, 0.2) is 42.5 Å². The topological polar surface area (TPSA) is 108 Å². The summed E-state index contributed by atoms with van der Waals surface area (Å²) in [5, 5.41) is 12.2. The summed E-state index contributed by atoms with van der Waals surface area (Å²) in [5.74, 6) is 1.01. The van der Waals surface area contributed by atoms with E-state index in [1.807, 2.05) is 13.8 Å². The number of ether oxygens (including phenoxy) is 1. The van der Waals surface area contributed by atoms with E-state index in [9.17, 15) is 19.7 Å². The Morgan fingerprint density at radius 1 is 1.02 bits per heavy atom. The highest BCUT2D eigenvalue weighted by Gasteiger charge is 2.27. The smallest absolute Gasteiger partial charge is 0.328 e. The number of rotatable bonds is 22. The van der Waals surface area contributed by atoms with E-state index in [4.69, 9.17) is 4.74 Å². The van der Waals surface area contributed by atoms with Crippen LogP contribution in [-0.2, 0) is 25.6 Å². The zero-order chi connectivity index (χ0) is 29.7. The van der Waals surface area contributed by atoms with Crippen molar-refractivity contribution in [2.45, 2.75) is 116 Å². The molecule has 2 rings (SSSR count). The van der Waals surface area contributed by atoms with Gasteiger partial charge < -0.3 is 14.9 Å². The summed E-state index contributed by atoms with van der Waals surface area (Å²) in [5.41, 5.74) is 1.44. The molecule has 1 aliphatic rings. The molecule has 1 saturated carbocycles. The molecule has 1 aromatic carbocycles. The molecule has 8 heteroatoms. The predicted octanol–water partition coefficient (Wildman–Crippen LogP) is 7.39. The summed E-state index contributed by atoms with van der Waals surface area (Å²) in [6.45, 7) is 4.00. The van der Waals surface area contributed by atoms with Crippen molar-refractivity contribution < 1.29 is 24.3 Å². The number of nitrogens with one attached hydrogen (secondary N) is 1. The Morgan fingerprint density at radius 3 is 2.54 bits per heavy atom. The van der Waals surface area contributed by atoms with E-state index in [0.717, 1.165) is 37.5 Å². The number of benzene rings is 1. The quantitative estimate of drug-likeness (QED) is 0.0510. The number of carbonyl (C=O) groups is 2. The molecule has 1 amide bonds. The van der Waals surface area contributed by atoms with Gasteiger partial charge in [0.05, 0.1) is 13.2 Å². The van der Waals surface area contributed by atoms with Crippen LogP contribution in [0.5, 0.6) is 0 Å². The van der Waals surface area contributed by atoms with Gasteiger partial charge in [0.1, 0.15) is 6.04 Å². The number of allylic oxidation sites excluding steroid dienone is 2. The van der Waals surface area contributed by atoms with Crippen LogP contribution in [0.2, 0.25) is 0 Å². The van der Waals surface area contributed by atoms with E-state index < -0.39 is 17.1 Å². The third-order valence-corrected chi connectivity index (χ3v) is 8.34. The van der Waals surface area contributed by atoms with Gasteiger partial charge in [0.15, 0.2) is 0 Å². The zero-order valence-corrected chi connectivity index (χ0v) is 25.3. The highest BCUT2D eigenvalue weighted by Crippen LogP contribution is 2.37. The molecule has 0 aromatic heterocycles. The highest BCUT2D eigenvalue weighted by atomic mass is 16.9. The van der Waals surface area contributed by atoms with E-state index in [1.54, 1.807) is 0 Å². The van der Waals surface area contributed by atoms with Crippen molar-refractivity contribution in [1.82, 2.24) is 5.32 Å². The lowest BCUT2D eigenvalue weighted by atomic mass is 9.88. The molecule has 0 bridgehead atoms. The van der Waals surface area contributed by atoms with Gasteiger partial charge in [-0.1, -0.05) is 94.9 Å². The van der Waals surface area contributed by atoms with Gasteiger partial charge >= 0.3 is 5.97 Å². The molecule has 4 atom stereocenters. The lowest BCUT2D eigenvalue weighted by Gasteiger charge is -2.22. The average Bonchev–Trinajstić information content (AvgIpc) is 3.42. The summed E-state index contributed by atoms with van der Waals surface area (Å²) < 4.78 is 5.31. The van der Waals surface area contributed by atoms with E-state index in [1.165, 1.54) is 56.9 Å². The van der Waals surface area contributed by atoms with Crippen molar-refractivity contribution >= 4 is 11.9 Å². The minimum absolute atomic E-state index is 0.0265. The Bertz CT molecular complexity index is 906. The van der Waals surface area contributed by atoms with Crippen molar-refractivity contribution in [2.75, 3.05) is 13.2 Å². The van der Waals surface area contributed by atoms with Crippen LogP contribution in [0.1, 0.15) is 109 Å². The zero-order valence-electron chi connectivity index (χ0n) is 25.3. The van der Waals surface area contributed by atoms with Crippen molar-refractivity contribution in [2.24, 2.45) is 17.8 Å². The molecule has 41 heavy (non-hydrogen) atoms. The number of carbonyl (C=O) groups excluding carboxylic acids is 2. The van der Waals surface area contributed by atoms with Crippen molar-refractivity contribution in [3.05, 3.63) is 58.2 Å². The van der Waals surface area contributed by atoms with Gasteiger partial charge in [-0.15, -0.1) is 10.1 Å². The van der Waals surface area contributed by atoms with Gasteiger partial charge in [-0.2, -0.15) is 0 Å². The van der Waals surface area contributed by atoms with Gasteiger partial charge in [-0.3, -0.25) is 4.79 Å². The van der Waals surface area contributed by atoms with Crippen LogP contribution in [0.25, 0.3) is 0 Å². The maximum Gasteiger partial charge on any atom is 0.328 e. The Hall–Kier alpha value is -2.90. The van der Waals surface area contributed by atoms with Crippen LogP contribution >= 0.6 is 0 Å². The number of hydrogen-bond acceptors (Lipinski definition) is 6. The second-order valence-corrected chi connectivity index (χ2v) is 11.5. The number of unbranched alkanes of at least 4 members (excludes halogenated alkanes) is 4. The monoisotopic (exact) mass is 572 g/mol. The standard InChI is InChI=1S/C33H52N2O6/c1-3-27(2)32(33(37)40-25-14-15-26-41-35(38)39)34-31(36)24-13-5-4-11-20-29-22-16-23-30(29)21-12-7-10-19-28-17-8-6-9-18-28/h4,6,8-9,11,17-18,27,29-30,32H,3,5,7,10,12-16,19-26H2,1-2H3,(H,34,36)/b11-4-. The molecule has 0 heterocycles. The van der Waals surface area contributed by atoms with E-state index in [-0.39, 0.29) is 25.0 Å². The number of nitrogens with zero attached hydrogens (tertiary/aromatic N) is 1. The molecule has 4 unspecified atom stereocenters. The molecule has 8 nitrogen and oxygen atoms in total. The van der Waals surface area contributed by atoms with Gasteiger partial charge in [0.2, 0.25) is 5.91 Å². The van der Waals surface area contributed by atoms with Crippen molar-refractivity contribution in [3.63, 3.8) is 0 Å². The van der Waals surface area contributed by atoms with Gasteiger partial charge in [0.25, 0.3) is 5.09 Å². The molecule has 0 radical (unpaired) electrons. The number of esters is 1. The SMILES string of the molecule is CCC(C)C(NC(=O)CCC/C=C\CC1CCCC1CCCCCc1ccccc1)C(=O)OCCCCO[N+](=O)[O-]. The first-order chi connectivity index (χ1) is 19.9. The van der Waals surface area contributed by atoms with Crippen LogP contribution in [0, 0.1) is 27.9 Å². The Balaban J connectivity index is 1.58. The van der Waals surface area contributed by atoms with E-state index >= 15 is 0 Å². The summed E-state index contributed by atoms with van der Waals surface area (Å²) in [6.07, 6.45) is 19.8. The Morgan fingerprint density at radius 2 is 1.78 bits per heavy atom. The normalized spacial score (nSPS) is 18.2. The molecule has 0 saturated heterocycles. The summed E-state index contributed by atoms with van der Waals surface area (Å²) in [7, 11) is 0. The first-order valence-corrected chi connectivity index (χ1v) is 15.8. The van der Waals surface area contributed by atoms with Crippen molar-refractivity contribution in [1.29, 1.82) is 0 Å². The lowest BCUT2D eigenvalue weighted by molar-refractivity contribution is -0.757. The van der Waals surface area contributed by atoms with Crippen LogP contribution in [0.3, 0.4) is 0 Å². The second-order valence-electron chi connectivity index (χ2n) is 11.5. The Kier molecular flexibility index (Phi) is 17.5. The highest BCUT2D eigenvalue weighted by molar-refractivity contribution is 5.84. The van der Waals surface area contributed by atoms with Crippen molar-refractivity contribution in [3.8, 4) is 0 Å². The minimum atomic E-state index is -0.835. The predicted molar refractivity (Wildman–Crippen MR) is 162 cm³/mol.